The molecule has 4 fully saturated rings. The molecule has 0 aliphatic heterocycles. The minimum absolute atomic E-state index is 0.0262. The average Bonchev–Trinajstić information content (AvgIpc) is 3.03. The standard InChI is InChI=1S/C25H36N2O4S/c1-6-27(7-2)22(28)20-15(5)19(23(29)31-14(3)4)21(32-20)26-24(30)25-11-16-8-17(12-25)10-18(9-16)13-25/h14,16-18H,6-13H2,1-5H3,(H,26,30). The van der Waals surface area contributed by atoms with E-state index in [0.717, 1.165) is 19.3 Å². The fraction of sp³-hybridized carbons (Fsp3) is 0.720. The van der Waals surface area contributed by atoms with Crippen LogP contribution in [0.4, 0.5) is 5.00 Å². The van der Waals surface area contributed by atoms with Gasteiger partial charge >= 0.3 is 5.97 Å². The van der Waals surface area contributed by atoms with Gasteiger partial charge < -0.3 is 15.0 Å². The molecule has 4 saturated carbocycles. The number of nitrogens with one attached hydrogen (secondary N) is 1. The van der Waals surface area contributed by atoms with E-state index in [9.17, 15) is 14.4 Å². The number of carbonyl (C=O) groups is 3. The highest BCUT2D eigenvalue weighted by atomic mass is 32.1. The molecule has 0 aromatic carbocycles. The van der Waals surface area contributed by atoms with Crippen molar-refractivity contribution in [2.75, 3.05) is 18.4 Å². The summed E-state index contributed by atoms with van der Waals surface area (Å²) in [4.78, 5) is 42.0. The van der Waals surface area contributed by atoms with Gasteiger partial charge in [0, 0.05) is 13.1 Å². The molecule has 0 spiro atoms. The predicted molar refractivity (Wildman–Crippen MR) is 126 cm³/mol. The van der Waals surface area contributed by atoms with E-state index in [-0.39, 0.29) is 23.3 Å². The highest BCUT2D eigenvalue weighted by Gasteiger charge is 2.54. The van der Waals surface area contributed by atoms with E-state index in [1.807, 2.05) is 13.8 Å². The molecule has 4 bridgehead atoms. The van der Waals surface area contributed by atoms with E-state index in [2.05, 4.69) is 5.32 Å². The van der Waals surface area contributed by atoms with Crippen molar-refractivity contribution >= 4 is 34.1 Å². The maximum atomic E-state index is 13.6. The minimum Gasteiger partial charge on any atom is -0.459 e. The van der Waals surface area contributed by atoms with Gasteiger partial charge in [-0.15, -0.1) is 11.3 Å². The molecule has 6 nitrogen and oxygen atoms in total. The van der Waals surface area contributed by atoms with Crippen molar-refractivity contribution in [2.45, 2.75) is 79.2 Å². The average molecular weight is 461 g/mol. The van der Waals surface area contributed by atoms with Crippen molar-refractivity contribution in [3.05, 3.63) is 16.0 Å². The molecule has 1 aromatic rings. The van der Waals surface area contributed by atoms with Gasteiger partial charge in [0.2, 0.25) is 5.91 Å². The minimum atomic E-state index is -0.479. The number of hydrogen-bond donors (Lipinski definition) is 1. The molecule has 32 heavy (non-hydrogen) atoms. The van der Waals surface area contributed by atoms with Gasteiger partial charge in [-0.2, -0.15) is 0 Å². The first-order chi connectivity index (χ1) is 15.2. The van der Waals surface area contributed by atoms with Crippen LogP contribution in [-0.2, 0) is 9.53 Å². The van der Waals surface area contributed by atoms with Crippen LogP contribution in [0, 0.1) is 30.1 Å². The highest BCUT2D eigenvalue weighted by Crippen LogP contribution is 2.60. The van der Waals surface area contributed by atoms with Crippen molar-refractivity contribution < 1.29 is 19.1 Å². The topological polar surface area (TPSA) is 75.7 Å². The normalized spacial score (nSPS) is 28.1. The maximum Gasteiger partial charge on any atom is 0.341 e. The van der Waals surface area contributed by atoms with E-state index < -0.39 is 5.97 Å². The monoisotopic (exact) mass is 460 g/mol. The van der Waals surface area contributed by atoms with Crippen LogP contribution in [0.3, 0.4) is 0 Å². The summed E-state index contributed by atoms with van der Waals surface area (Å²) in [7, 11) is 0. The van der Waals surface area contributed by atoms with Crippen molar-refractivity contribution in [1.82, 2.24) is 4.90 Å². The summed E-state index contributed by atoms with van der Waals surface area (Å²) >= 11 is 1.22. The van der Waals surface area contributed by atoms with E-state index in [4.69, 9.17) is 4.74 Å². The highest BCUT2D eigenvalue weighted by molar-refractivity contribution is 7.18. The molecule has 0 saturated heterocycles. The van der Waals surface area contributed by atoms with Crippen LogP contribution < -0.4 is 5.32 Å². The molecule has 176 valence electrons. The molecule has 1 N–H and O–H groups in total. The Bertz CT molecular complexity index is 880. The molecule has 7 heteroatoms. The Morgan fingerprint density at radius 1 is 1.06 bits per heavy atom. The van der Waals surface area contributed by atoms with Crippen molar-refractivity contribution in [3.8, 4) is 0 Å². The molecule has 2 amide bonds. The van der Waals surface area contributed by atoms with Gasteiger partial charge in [-0.3, -0.25) is 9.59 Å². The zero-order valence-electron chi connectivity index (χ0n) is 20.0. The van der Waals surface area contributed by atoms with E-state index in [1.165, 1.54) is 30.6 Å². The van der Waals surface area contributed by atoms with Crippen LogP contribution in [0.1, 0.15) is 91.8 Å². The summed E-state index contributed by atoms with van der Waals surface area (Å²) in [6.07, 6.45) is 6.36. The number of amides is 2. The van der Waals surface area contributed by atoms with Crippen molar-refractivity contribution in [1.29, 1.82) is 0 Å². The Balaban J connectivity index is 1.66. The molecule has 4 aliphatic carbocycles. The first kappa shape index (κ1) is 23.3. The largest absolute Gasteiger partial charge is 0.459 e. The van der Waals surface area contributed by atoms with Gasteiger partial charge in [0.25, 0.3) is 5.91 Å². The lowest BCUT2D eigenvalue weighted by Gasteiger charge is -2.55. The smallest absolute Gasteiger partial charge is 0.341 e. The van der Waals surface area contributed by atoms with E-state index in [0.29, 0.717) is 51.8 Å². The second kappa shape index (κ2) is 8.81. The molecule has 5 rings (SSSR count). The Kier molecular flexibility index (Phi) is 6.40. The maximum absolute atomic E-state index is 13.6. The summed E-state index contributed by atoms with van der Waals surface area (Å²) in [6.45, 7) is 10.4. The number of ether oxygens (including phenoxy) is 1. The van der Waals surface area contributed by atoms with Gasteiger partial charge in [0.1, 0.15) is 5.00 Å². The molecular formula is C25H36N2O4S. The molecule has 0 unspecified atom stereocenters. The Morgan fingerprint density at radius 3 is 2.06 bits per heavy atom. The third kappa shape index (κ3) is 4.09. The lowest BCUT2D eigenvalue weighted by atomic mass is 9.49. The number of hydrogen-bond acceptors (Lipinski definition) is 5. The molecule has 4 aliphatic rings. The van der Waals surface area contributed by atoms with Gasteiger partial charge in [-0.1, -0.05) is 0 Å². The van der Waals surface area contributed by atoms with Gasteiger partial charge in [0.05, 0.1) is 22.0 Å². The third-order valence-corrected chi connectivity index (χ3v) is 8.88. The van der Waals surface area contributed by atoms with Gasteiger partial charge in [-0.05, 0) is 96.5 Å². The van der Waals surface area contributed by atoms with Gasteiger partial charge in [-0.25, -0.2) is 4.79 Å². The Morgan fingerprint density at radius 2 is 1.59 bits per heavy atom. The molecule has 1 heterocycles. The van der Waals surface area contributed by atoms with Crippen LogP contribution in [0.2, 0.25) is 0 Å². The number of esters is 1. The number of anilines is 1. The zero-order valence-corrected chi connectivity index (χ0v) is 20.8. The third-order valence-electron chi connectivity index (χ3n) is 7.69. The summed E-state index contributed by atoms with van der Waals surface area (Å²) in [5.74, 6) is 1.41. The Hall–Kier alpha value is -1.89. The number of thiophene rings is 1. The number of carbonyl (C=O) groups excluding carboxylic acids is 3. The Labute approximate surface area is 195 Å². The van der Waals surface area contributed by atoms with Crippen LogP contribution in [0.15, 0.2) is 0 Å². The fourth-order valence-electron chi connectivity index (χ4n) is 6.60. The van der Waals surface area contributed by atoms with E-state index in [1.54, 1.807) is 25.7 Å². The fourth-order valence-corrected chi connectivity index (χ4v) is 7.76. The van der Waals surface area contributed by atoms with Crippen LogP contribution >= 0.6 is 11.3 Å². The first-order valence-corrected chi connectivity index (χ1v) is 12.9. The number of nitrogens with zero attached hydrogens (tertiary/aromatic N) is 1. The lowest BCUT2D eigenvalue weighted by molar-refractivity contribution is -0.140. The summed E-state index contributed by atoms with van der Waals surface area (Å²) in [6, 6.07) is 0. The zero-order chi connectivity index (χ0) is 23.2. The number of rotatable bonds is 7. The SMILES string of the molecule is CCN(CC)C(=O)c1sc(NC(=O)C23CC4CC(CC(C4)C2)C3)c(C(=O)OC(C)C)c1C. The molecular weight excluding hydrogens is 424 g/mol. The summed E-state index contributed by atoms with van der Waals surface area (Å²) < 4.78 is 5.49. The predicted octanol–water partition coefficient (Wildman–Crippen LogP) is 5.26. The van der Waals surface area contributed by atoms with Crippen LogP contribution in [-0.4, -0.2) is 41.9 Å². The lowest BCUT2D eigenvalue weighted by Crippen LogP contribution is -2.51. The van der Waals surface area contributed by atoms with E-state index >= 15 is 0 Å². The summed E-state index contributed by atoms with van der Waals surface area (Å²) in [5.41, 5.74) is 0.602. The van der Waals surface area contributed by atoms with Crippen molar-refractivity contribution in [3.63, 3.8) is 0 Å². The molecule has 0 atom stereocenters. The molecule has 0 radical (unpaired) electrons. The second-order valence-electron chi connectivity index (χ2n) is 10.3. The first-order valence-electron chi connectivity index (χ1n) is 12.1. The van der Waals surface area contributed by atoms with Crippen LogP contribution in [0.25, 0.3) is 0 Å². The quantitative estimate of drug-likeness (QED) is 0.563. The summed E-state index contributed by atoms with van der Waals surface area (Å²) in [5, 5.41) is 3.58. The second-order valence-corrected chi connectivity index (χ2v) is 11.4. The van der Waals surface area contributed by atoms with Crippen LogP contribution in [0.5, 0.6) is 0 Å². The van der Waals surface area contributed by atoms with Gasteiger partial charge in [0.15, 0.2) is 0 Å². The van der Waals surface area contributed by atoms with Crippen molar-refractivity contribution in [2.24, 2.45) is 23.2 Å². The molecule has 1 aromatic heterocycles.